The third-order valence-electron chi connectivity index (χ3n) is 3.93. The molecule has 4 aromatic rings. The molecule has 7 heteroatoms. The normalized spacial score (nSPS) is 11.0. The molecule has 0 fully saturated rings. The number of aromatic nitrogens is 4. The second kappa shape index (κ2) is 6.18. The molecule has 0 radical (unpaired) electrons. The minimum absolute atomic E-state index is 0.671. The van der Waals surface area contributed by atoms with E-state index in [-0.39, 0.29) is 0 Å². The molecular weight excluding hydrogens is 336 g/mol. The average Bonchev–Trinajstić information content (AvgIpc) is 3.22. The quantitative estimate of drug-likeness (QED) is 0.558. The first-order valence-electron chi connectivity index (χ1n) is 7.71. The summed E-state index contributed by atoms with van der Waals surface area (Å²) in [6, 6.07) is 13.9. The lowest BCUT2D eigenvalue weighted by Crippen LogP contribution is -1.92. The maximum atomic E-state index is 5.38. The number of fused-ring (bicyclic) bond motifs is 1. The van der Waals surface area contributed by atoms with E-state index in [9.17, 15) is 0 Å². The molecule has 0 saturated heterocycles. The Kier molecular flexibility index (Phi) is 3.85. The van der Waals surface area contributed by atoms with Gasteiger partial charge in [-0.3, -0.25) is 0 Å². The Hall–Kier alpha value is -2.93. The zero-order valence-electron chi connectivity index (χ0n) is 14.1. The van der Waals surface area contributed by atoms with Gasteiger partial charge in [0.2, 0.25) is 4.96 Å². The first-order valence-corrected chi connectivity index (χ1v) is 8.53. The van der Waals surface area contributed by atoms with Gasteiger partial charge in [-0.2, -0.15) is 9.61 Å². The van der Waals surface area contributed by atoms with Crippen LogP contribution < -0.4 is 9.47 Å². The maximum absolute atomic E-state index is 5.38. The summed E-state index contributed by atoms with van der Waals surface area (Å²) in [5, 5.41) is 14.1. The highest BCUT2D eigenvalue weighted by Crippen LogP contribution is 2.34. The number of rotatable bonds is 4. The fraction of sp³-hybridized carbons (Fsp3) is 0.167. The van der Waals surface area contributed by atoms with Crippen LogP contribution in [0.1, 0.15) is 5.56 Å². The van der Waals surface area contributed by atoms with Crippen LogP contribution in [0.4, 0.5) is 0 Å². The topological polar surface area (TPSA) is 61.5 Å². The Morgan fingerprint density at radius 1 is 0.880 bits per heavy atom. The molecule has 2 aromatic heterocycles. The predicted octanol–water partition coefficient (Wildman–Crippen LogP) is 3.85. The Bertz CT molecular complexity index is 1040. The second-order valence-electron chi connectivity index (χ2n) is 5.56. The van der Waals surface area contributed by atoms with Crippen molar-refractivity contribution >= 4 is 16.3 Å². The van der Waals surface area contributed by atoms with Crippen LogP contribution in [0.25, 0.3) is 26.9 Å². The fourth-order valence-corrected chi connectivity index (χ4v) is 3.42. The Morgan fingerprint density at radius 3 is 2.32 bits per heavy atom. The van der Waals surface area contributed by atoms with Crippen LogP contribution in [0.15, 0.2) is 42.5 Å². The van der Waals surface area contributed by atoms with Gasteiger partial charge in [0.1, 0.15) is 5.01 Å². The number of ether oxygens (including phenoxy) is 2. The number of hydrogen-bond donors (Lipinski definition) is 0. The maximum Gasteiger partial charge on any atom is 0.235 e. The molecular formula is C18H16N4O2S. The number of aryl methyl sites for hydroxylation is 1. The van der Waals surface area contributed by atoms with E-state index in [2.05, 4.69) is 34.4 Å². The van der Waals surface area contributed by atoms with Crippen molar-refractivity contribution in [2.45, 2.75) is 6.92 Å². The summed E-state index contributed by atoms with van der Waals surface area (Å²) in [5.74, 6) is 2.09. The van der Waals surface area contributed by atoms with Crippen LogP contribution in [-0.4, -0.2) is 34.0 Å². The molecule has 0 aliphatic heterocycles. The molecule has 0 amide bonds. The van der Waals surface area contributed by atoms with Gasteiger partial charge in [0.05, 0.1) is 14.2 Å². The highest BCUT2D eigenvalue weighted by Gasteiger charge is 2.15. The lowest BCUT2D eigenvalue weighted by atomic mass is 10.1. The van der Waals surface area contributed by atoms with Gasteiger partial charge in [0.25, 0.3) is 0 Å². The first kappa shape index (κ1) is 15.6. The van der Waals surface area contributed by atoms with Crippen LogP contribution in [0, 0.1) is 6.92 Å². The average molecular weight is 352 g/mol. The highest BCUT2D eigenvalue weighted by molar-refractivity contribution is 7.19. The number of nitrogens with zero attached hydrogens (tertiary/aromatic N) is 4. The third-order valence-corrected chi connectivity index (χ3v) is 4.88. The van der Waals surface area contributed by atoms with Crippen molar-refractivity contribution in [3.05, 3.63) is 48.0 Å². The Labute approximate surface area is 148 Å². The minimum Gasteiger partial charge on any atom is -0.493 e. The summed E-state index contributed by atoms with van der Waals surface area (Å²) in [7, 11) is 3.24. The lowest BCUT2D eigenvalue weighted by Gasteiger charge is -2.07. The summed E-state index contributed by atoms with van der Waals surface area (Å²) in [6.07, 6.45) is 0. The van der Waals surface area contributed by atoms with Gasteiger partial charge in [-0.15, -0.1) is 10.2 Å². The van der Waals surface area contributed by atoms with Crippen molar-refractivity contribution in [3.8, 4) is 33.5 Å². The molecule has 0 atom stereocenters. The van der Waals surface area contributed by atoms with Gasteiger partial charge in [-0.05, 0) is 25.1 Å². The van der Waals surface area contributed by atoms with E-state index in [1.807, 2.05) is 30.3 Å². The lowest BCUT2D eigenvalue weighted by molar-refractivity contribution is 0.355. The van der Waals surface area contributed by atoms with Crippen molar-refractivity contribution in [1.29, 1.82) is 0 Å². The zero-order chi connectivity index (χ0) is 17.4. The van der Waals surface area contributed by atoms with E-state index in [1.165, 1.54) is 16.9 Å². The molecule has 6 nitrogen and oxygen atoms in total. The monoisotopic (exact) mass is 352 g/mol. The standard InChI is InChI=1S/C18H16N4O2S/c1-11-4-6-12(7-5-11)16-19-20-18-22(16)21-17(25-18)13-8-9-14(23-2)15(10-13)24-3/h4-10H,1-3H3. The molecule has 2 heterocycles. The van der Waals surface area contributed by atoms with Gasteiger partial charge >= 0.3 is 0 Å². The van der Waals surface area contributed by atoms with Crippen molar-refractivity contribution < 1.29 is 9.47 Å². The van der Waals surface area contributed by atoms with E-state index < -0.39 is 0 Å². The van der Waals surface area contributed by atoms with Crippen molar-refractivity contribution in [2.75, 3.05) is 14.2 Å². The SMILES string of the molecule is COc1ccc(-c2nn3c(-c4ccc(C)cc4)nnc3s2)cc1OC. The number of methoxy groups -OCH3 is 2. The van der Waals surface area contributed by atoms with E-state index in [0.717, 1.165) is 26.9 Å². The number of hydrogen-bond acceptors (Lipinski definition) is 6. The van der Waals surface area contributed by atoms with Gasteiger partial charge < -0.3 is 9.47 Å². The van der Waals surface area contributed by atoms with Crippen LogP contribution >= 0.6 is 11.3 Å². The van der Waals surface area contributed by atoms with Gasteiger partial charge in [0.15, 0.2) is 17.3 Å². The highest BCUT2D eigenvalue weighted by atomic mass is 32.1. The van der Waals surface area contributed by atoms with Crippen molar-refractivity contribution in [2.24, 2.45) is 0 Å². The van der Waals surface area contributed by atoms with Crippen LogP contribution in [-0.2, 0) is 0 Å². The fourth-order valence-electron chi connectivity index (χ4n) is 2.59. The molecule has 4 rings (SSSR count). The molecule has 2 aromatic carbocycles. The third kappa shape index (κ3) is 2.72. The summed E-state index contributed by atoms with van der Waals surface area (Å²) < 4.78 is 12.4. The van der Waals surface area contributed by atoms with Crippen LogP contribution in [0.5, 0.6) is 11.5 Å². The van der Waals surface area contributed by atoms with Crippen LogP contribution in [0.3, 0.4) is 0 Å². The van der Waals surface area contributed by atoms with E-state index in [0.29, 0.717) is 11.5 Å². The molecule has 0 bridgehead atoms. The van der Waals surface area contributed by atoms with E-state index in [4.69, 9.17) is 9.47 Å². The molecule has 0 spiro atoms. The molecule has 126 valence electrons. The predicted molar refractivity (Wildman–Crippen MR) is 97.4 cm³/mol. The van der Waals surface area contributed by atoms with Crippen LogP contribution in [0.2, 0.25) is 0 Å². The summed E-state index contributed by atoms with van der Waals surface area (Å²) in [6.45, 7) is 2.06. The number of benzene rings is 2. The van der Waals surface area contributed by atoms with E-state index in [1.54, 1.807) is 18.7 Å². The van der Waals surface area contributed by atoms with E-state index >= 15 is 0 Å². The molecule has 0 aliphatic carbocycles. The zero-order valence-corrected chi connectivity index (χ0v) is 14.9. The first-order chi connectivity index (χ1) is 12.2. The summed E-state index contributed by atoms with van der Waals surface area (Å²) >= 11 is 1.48. The van der Waals surface area contributed by atoms with Gasteiger partial charge in [-0.25, -0.2) is 0 Å². The van der Waals surface area contributed by atoms with Crippen molar-refractivity contribution in [3.63, 3.8) is 0 Å². The van der Waals surface area contributed by atoms with Gasteiger partial charge in [0, 0.05) is 11.1 Å². The van der Waals surface area contributed by atoms with Gasteiger partial charge in [-0.1, -0.05) is 41.2 Å². The Balaban J connectivity index is 1.79. The molecule has 0 aliphatic rings. The molecule has 0 N–H and O–H groups in total. The molecule has 25 heavy (non-hydrogen) atoms. The largest absolute Gasteiger partial charge is 0.493 e. The Morgan fingerprint density at radius 2 is 1.60 bits per heavy atom. The molecule has 0 unspecified atom stereocenters. The molecule has 0 saturated carbocycles. The minimum atomic E-state index is 0.671. The summed E-state index contributed by atoms with van der Waals surface area (Å²) in [4.78, 5) is 0.750. The van der Waals surface area contributed by atoms with Crippen molar-refractivity contribution in [1.82, 2.24) is 19.8 Å². The second-order valence-corrected chi connectivity index (χ2v) is 6.52. The smallest absolute Gasteiger partial charge is 0.235 e. The summed E-state index contributed by atoms with van der Waals surface area (Å²) in [5.41, 5.74) is 3.14.